The van der Waals surface area contributed by atoms with Crippen molar-refractivity contribution in [3.05, 3.63) is 64.9 Å². The highest BCUT2D eigenvalue weighted by Crippen LogP contribution is 2.20. The van der Waals surface area contributed by atoms with Gasteiger partial charge in [-0.05, 0) is 49.1 Å². The molecule has 0 saturated heterocycles. The molecule has 1 atom stereocenters. The van der Waals surface area contributed by atoms with E-state index < -0.39 is 5.76 Å². The minimum Gasteiger partial charge on any atom is -0.408 e. The van der Waals surface area contributed by atoms with Crippen molar-refractivity contribution in [1.29, 1.82) is 0 Å². The van der Waals surface area contributed by atoms with Gasteiger partial charge in [-0.3, -0.25) is 9.36 Å². The number of oxazole rings is 1. The number of imidazole rings is 1. The van der Waals surface area contributed by atoms with Gasteiger partial charge in [0.05, 0.1) is 22.6 Å². The molecular formula is C22H24N4O3S. The zero-order valence-corrected chi connectivity index (χ0v) is 17.6. The summed E-state index contributed by atoms with van der Waals surface area (Å²) in [5.41, 5.74) is 3.17. The smallest absolute Gasteiger partial charge is 0.408 e. The number of rotatable bonds is 9. The maximum atomic E-state index is 12.6. The highest BCUT2D eigenvalue weighted by molar-refractivity contribution is 7.98. The molecule has 0 spiro atoms. The molecule has 2 N–H and O–H groups in total. The highest BCUT2D eigenvalue weighted by atomic mass is 32.2. The quantitative estimate of drug-likeness (QED) is 0.426. The molecule has 0 aliphatic rings. The minimum atomic E-state index is -0.392. The second kappa shape index (κ2) is 9.21. The molecule has 4 aromatic rings. The Morgan fingerprint density at radius 2 is 2.03 bits per heavy atom. The third-order valence-corrected chi connectivity index (χ3v) is 5.69. The van der Waals surface area contributed by atoms with Crippen molar-refractivity contribution < 1.29 is 9.21 Å². The number of benzene rings is 2. The second-order valence-corrected chi connectivity index (χ2v) is 8.12. The van der Waals surface area contributed by atoms with Crippen molar-refractivity contribution in [2.45, 2.75) is 31.8 Å². The molecule has 0 bridgehead atoms. The largest absolute Gasteiger partial charge is 0.419 e. The van der Waals surface area contributed by atoms with Gasteiger partial charge in [0.25, 0.3) is 0 Å². The Bertz CT molecular complexity index is 1180. The third kappa shape index (κ3) is 4.43. The Kier molecular flexibility index (Phi) is 6.23. The van der Waals surface area contributed by atoms with Crippen molar-refractivity contribution in [3.63, 3.8) is 0 Å². The Labute approximate surface area is 177 Å². The summed E-state index contributed by atoms with van der Waals surface area (Å²) < 4.78 is 6.82. The summed E-state index contributed by atoms with van der Waals surface area (Å²) in [6, 6.07) is 15.0. The van der Waals surface area contributed by atoms with Gasteiger partial charge >= 0.3 is 5.76 Å². The van der Waals surface area contributed by atoms with Crippen LogP contribution in [0.1, 0.15) is 31.1 Å². The number of carbonyl (C=O) groups excluding carboxylic acids is 1. The van der Waals surface area contributed by atoms with E-state index in [0.717, 1.165) is 34.5 Å². The van der Waals surface area contributed by atoms with Crippen molar-refractivity contribution in [1.82, 2.24) is 19.9 Å². The molecule has 2 heterocycles. The first-order chi connectivity index (χ1) is 14.7. The van der Waals surface area contributed by atoms with Crippen LogP contribution in [-0.2, 0) is 11.3 Å². The van der Waals surface area contributed by atoms with Gasteiger partial charge in [0.1, 0.15) is 5.82 Å². The lowest BCUT2D eigenvalue weighted by Gasteiger charge is -2.16. The topological polar surface area (TPSA) is 92.9 Å². The van der Waals surface area contributed by atoms with Gasteiger partial charge in [-0.25, -0.2) is 9.78 Å². The molecule has 0 saturated carbocycles. The summed E-state index contributed by atoms with van der Waals surface area (Å²) in [5, 5.41) is 3.10. The van der Waals surface area contributed by atoms with E-state index in [1.165, 1.54) is 0 Å². The Balaban J connectivity index is 1.40. The summed E-state index contributed by atoms with van der Waals surface area (Å²) in [7, 11) is 0. The average molecular weight is 425 g/mol. The second-order valence-electron chi connectivity index (χ2n) is 7.13. The van der Waals surface area contributed by atoms with Crippen LogP contribution in [0.2, 0.25) is 0 Å². The van der Waals surface area contributed by atoms with Crippen LogP contribution in [-0.4, -0.2) is 32.5 Å². The van der Waals surface area contributed by atoms with Gasteiger partial charge in [-0.1, -0.05) is 24.3 Å². The fraction of sp³-hybridized carbons (Fsp3) is 0.318. The van der Waals surface area contributed by atoms with E-state index in [2.05, 4.69) is 15.3 Å². The van der Waals surface area contributed by atoms with Crippen LogP contribution in [0, 0.1) is 0 Å². The van der Waals surface area contributed by atoms with E-state index in [4.69, 9.17) is 4.42 Å². The first-order valence-electron chi connectivity index (χ1n) is 9.97. The molecule has 4 rings (SSSR count). The number of hydrogen-bond donors (Lipinski definition) is 2. The molecule has 1 amide bonds. The number of aromatic nitrogens is 3. The zero-order chi connectivity index (χ0) is 20.9. The lowest BCUT2D eigenvalue weighted by molar-refractivity contribution is -0.122. The molecule has 0 radical (unpaired) electrons. The van der Waals surface area contributed by atoms with Crippen LogP contribution in [0.5, 0.6) is 0 Å². The number of aryl methyl sites for hydroxylation is 1. The van der Waals surface area contributed by atoms with Crippen molar-refractivity contribution in [2.24, 2.45) is 0 Å². The Morgan fingerprint density at radius 1 is 1.23 bits per heavy atom. The van der Waals surface area contributed by atoms with Gasteiger partial charge in [-0.15, -0.1) is 0 Å². The zero-order valence-electron chi connectivity index (χ0n) is 16.8. The van der Waals surface area contributed by atoms with Crippen LogP contribution in [0.4, 0.5) is 0 Å². The SMILES string of the molecule is CSCC[C@H](NC(=O)CCCn1c(=O)oc2ccccc21)c1nc2ccccc2[nH]1. The number of amides is 1. The molecule has 30 heavy (non-hydrogen) atoms. The third-order valence-electron chi connectivity index (χ3n) is 5.04. The van der Waals surface area contributed by atoms with Crippen molar-refractivity contribution in [3.8, 4) is 0 Å². The first-order valence-corrected chi connectivity index (χ1v) is 11.4. The lowest BCUT2D eigenvalue weighted by atomic mass is 10.2. The number of para-hydroxylation sites is 4. The predicted molar refractivity (Wildman–Crippen MR) is 120 cm³/mol. The van der Waals surface area contributed by atoms with E-state index in [9.17, 15) is 9.59 Å². The summed E-state index contributed by atoms with van der Waals surface area (Å²) in [5.74, 6) is 1.24. The van der Waals surface area contributed by atoms with E-state index in [1.807, 2.05) is 48.7 Å². The van der Waals surface area contributed by atoms with Gasteiger partial charge in [0.15, 0.2) is 5.58 Å². The predicted octanol–water partition coefficient (Wildman–Crippen LogP) is 3.86. The average Bonchev–Trinajstić information content (AvgIpc) is 3.32. The lowest BCUT2D eigenvalue weighted by Crippen LogP contribution is -2.30. The summed E-state index contributed by atoms with van der Waals surface area (Å²) >= 11 is 1.74. The van der Waals surface area contributed by atoms with Crippen LogP contribution >= 0.6 is 11.8 Å². The Morgan fingerprint density at radius 3 is 2.87 bits per heavy atom. The molecular weight excluding hydrogens is 400 g/mol. The number of nitrogens with one attached hydrogen (secondary N) is 2. The maximum absolute atomic E-state index is 12.6. The molecule has 0 fully saturated rings. The van der Waals surface area contributed by atoms with Gasteiger partial charge in [-0.2, -0.15) is 11.8 Å². The maximum Gasteiger partial charge on any atom is 0.419 e. The normalized spacial score (nSPS) is 12.4. The van der Waals surface area contributed by atoms with Crippen molar-refractivity contribution in [2.75, 3.05) is 12.0 Å². The molecule has 8 heteroatoms. The fourth-order valence-electron chi connectivity index (χ4n) is 3.54. The number of aromatic amines is 1. The number of hydrogen-bond acceptors (Lipinski definition) is 5. The number of fused-ring (bicyclic) bond motifs is 2. The van der Waals surface area contributed by atoms with E-state index in [1.54, 1.807) is 22.4 Å². The van der Waals surface area contributed by atoms with Gasteiger partial charge < -0.3 is 14.7 Å². The van der Waals surface area contributed by atoms with E-state index >= 15 is 0 Å². The van der Waals surface area contributed by atoms with Crippen LogP contribution in [0.15, 0.2) is 57.7 Å². The summed E-state index contributed by atoms with van der Waals surface area (Å²) in [4.78, 5) is 32.6. The van der Waals surface area contributed by atoms with E-state index in [0.29, 0.717) is 25.0 Å². The van der Waals surface area contributed by atoms with Crippen LogP contribution in [0.25, 0.3) is 22.1 Å². The number of nitrogens with zero attached hydrogens (tertiary/aromatic N) is 2. The molecule has 0 unspecified atom stereocenters. The molecule has 156 valence electrons. The summed E-state index contributed by atoms with van der Waals surface area (Å²) in [6.07, 6.45) is 3.70. The van der Waals surface area contributed by atoms with Crippen LogP contribution in [0.3, 0.4) is 0 Å². The fourth-order valence-corrected chi connectivity index (χ4v) is 4.01. The Hall–Kier alpha value is -3.00. The van der Waals surface area contributed by atoms with Crippen molar-refractivity contribution >= 4 is 39.8 Å². The molecule has 7 nitrogen and oxygen atoms in total. The van der Waals surface area contributed by atoms with Gasteiger partial charge in [0.2, 0.25) is 5.91 Å². The number of H-pyrrole nitrogens is 1. The number of thioether (sulfide) groups is 1. The van der Waals surface area contributed by atoms with E-state index in [-0.39, 0.29) is 11.9 Å². The first kappa shape index (κ1) is 20.3. The molecule has 2 aromatic carbocycles. The summed E-state index contributed by atoms with van der Waals surface area (Å²) in [6.45, 7) is 0.434. The molecule has 2 aromatic heterocycles. The van der Waals surface area contributed by atoms with Gasteiger partial charge in [0, 0.05) is 13.0 Å². The monoisotopic (exact) mass is 424 g/mol. The highest BCUT2D eigenvalue weighted by Gasteiger charge is 2.18. The number of carbonyl (C=O) groups is 1. The minimum absolute atomic E-state index is 0.0533. The van der Waals surface area contributed by atoms with Crippen LogP contribution < -0.4 is 11.1 Å². The molecule has 0 aliphatic carbocycles. The molecule has 0 aliphatic heterocycles. The standard InChI is InChI=1S/C22H24N4O3S/c1-30-14-12-17(21-24-15-7-2-3-8-16(15)25-21)23-20(27)11-6-13-26-18-9-4-5-10-19(18)29-22(26)28/h2-5,7-10,17H,6,11-14H2,1H3,(H,23,27)(H,24,25)/t17-/m0/s1.